The number of hydrogen-bond donors (Lipinski definition) is 1. The Labute approximate surface area is 166 Å². The van der Waals surface area contributed by atoms with Crippen molar-refractivity contribution in [3.63, 3.8) is 0 Å². The van der Waals surface area contributed by atoms with E-state index in [4.69, 9.17) is 4.42 Å². The predicted octanol–water partition coefficient (Wildman–Crippen LogP) is 4.84. The van der Waals surface area contributed by atoms with E-state index in [0.717, 1.165) is 55.9 Å². The second-order valence-corrected chi connectivity index (χ2v) is 7.40. The van der Waals surface area contributed by atoms with Crippen molar-refractivity contribution in [3.8, 4) is 11.3 Å². The molecule has 2 heterocycles. The van der Waals surface area contributed by atoms with Crippen molar-refractivity contribution in [2.24, 2.45) is 5.92 Å². The summed E-state index contributed by atoms with van der Waals surface area (Å²) in [5.41, 5.74) is 3.17. The van der Waals surface area contributed by atoms with Gasteiger partial charge in [-0.2, -0.15) is 0 Å². The SMILES string of the molecule is O=C(Nc1cccc(-c2ccco2)c1)C1CCN(CCc2ccccc2)CC1. The van der Waals surface area contributed by atoms with E-state index in [1.165, 1.54) is 5.56 Å². The van der Waals surface area contributed by atoms with Gasteiger partial charge in [-0.25, -0.2) is 0 Å². The molecule has 28 heavy (non-hydrogen) atoms. The molecule has 0 atom stereocenters. The molecule has 0 spiro atoms. The third kappa shape index (κ3) is 4.70. The maximum atomic E-state index is 12.7. The molecule has 1 aliphatic heterocycles. The van der Waals surface area contributed by atoms with Crippen LogP contribution in [0.25, 0.3) is 11.3 Å². The van der Waals surface area contributed by atoms with Crippen molar-refractivity contribution < 1.29 is 9.21 Å². The Morgan fingerprint density at radius 3 is 2.57 bits per heavy atom. The molecule has 0 aliphatic carbocycles. The fourth-order valence-electron chi connectivity index (χ4n) is 3.79. The third-order valence-corrected chi connectivity index (χ3v) is 5.45. The van der Waals surface area contributed by atoms with Crippen LogP contribution in [0.5, 0.6) is 0 Å². The fourth-order valence-corrected chi connectivity index (χ4v) is 3.79. The van der Waals surface area contributed by atoms with Gasteiger partial charge in [0.2, 0.25) is 5.91 Å². The Bertz CT molecular complexity index is 882. The molecular formula is C24H26N2O2. The van der Waals surface area contributed by atoms with E-state index in [1.807, 2.05) is 36.4 Å². The zero-order valence-corrected chi connectivity index (χ0v) is 16.0. The second-order valence-electron chi connectivity index (χ2n) is 7.40. The van der Waals surface area contributed by atoms with E-state index in [1.54, 1.807) is 6.26 Å². The van der Waals surface area contributed by atoms with Crippen molar-refractivity contribution in [3.05, 3.63) is 78.6 Å². The lowest BCUT2D eigenvalue weighted by Crippen LogP contribution is -2.39. The summed E-state index contributed by atoms with van der Waals surface area (Å²) in [6.07, 6.45) is 4.56. The predicted molar refractivity (Wildman–Crippen MR) is 112 cm³/mol. The Morgan fingerprint density at radius 1 is 1.00 bits per heavy atom. The van der Waals surface area contributed by atoms with Crippen LogP contribution in [-0.2, 0) is 11.2 Å². The molecule has 1 amide bonds. The van der Waals surface area contributed by atoms with Gasteiger partial charge in [0.05, 0.1) is 6.26 Å². The molecule has 144 valence electrons. The molecule has 0 saturated carbocycles. The molecule has 4 heteroatoms. The summed E-state index contributed by atoms with van der Waals surface area (Å²) in [6, 6.07) is 22.2. The van der Waals surface area contributed by atoms with Crippen LogP contribution in [0.1, 0.15) is 18.4 Å². The number of rotatable bonds is 6. The largest absolute Gasteiger partial charge is 0.464 e. The highest BCUT2D eigenvalue weighted by molar-refractivity contribution is 5.93. The molecule has 4 rings (SSSR count). The number of carbonyl (C=O) groups is 1. The van der Waals surface area contributed by atoms with Crippen LogP contribution >= 0.6 is 0 Å². The maximum Gasteiger partial charge on any atom is 0.227 e. The number of nitrogens with one attached hydrogen (secondary N) is 1. The van der Waals surface area contributed by atoms with Crippen LogP contribution in [0.4, 0.5) is 5.69 Å². The van der Waals surface area contributed by atoms with Gasteiger partial charge in [0.15, 0.2) is 0 Å². The minimum Gasteiger partial charge on any atom is -0.464 e. The van der Waals surface area contributed by atoms with Gasteiger partial charge in [-0.1, -0.05) is 42.5 Å². The van der Waals surface area contributed by atoms with E-state index in [9.17, 15) is 4.79 Å². The zero-order chi connectivity index (χ0) is 19.2. The van der Waals surface area contributed by atoms with Crippen LogP contribution in [0.15, 0.2) is 77.4 Å². The Morgan fingerprint density at radius 2 is 1.82 bits per heavy atom. The van der Waals surface area contributed by atoms with E-state index in [2.05, 4.69) is 40.5 Å². The van der Waals surface area contributed by atoms with Gasteiger partial charge >= 0.3 is 0 Å². The molecule has 1 saturated heterocycles. The van der Waals surface area contributed by atoms with Gasteiger partial charge in [-0.3, -0.25) is 4.79 Å². The minimum atomic E-state index is 0.0836. The van der Waals surface area contributed by atoms with Crippen LogP contribution in [0.2, 0.25) is 0 Å². The van der Waals surface area contributed by atoms with Crippen molar-refractivity contribution in [2.45, 2.75) is 19.3 Å². The molecular weight excluding hydrogens is 348 g/mol. The number of likely N-dealkylation sites (tertiary alicyclic amines) is 1. The van der Waals surface area contributed by atoms with E-state index < -0.39 is 0 Å². The number of furan rings is 1. The molecule has 4 nitrogen and oxygen atoms in total. The Hall–Kier alpha value is -2.85. The minimum absolute atomic E-state index is 0.0836. The fraction of sp³-hybridized carbons (Fsp3) is 0.292. The highest BCUT2D eigenvalue weighted by atomic mass is 16.3. The molecule has 3 aromatic rings. The van der Waals surface area contributed by atoms with Gasteiger partial charge in [-0.05, 0) is 62.2 Å². The summed E-state index contributed by atoms with van der Waals surface area (Å²) in [5, 5.41) is 3.09. The second kappa shape index (κ2) is 8.89. The van der Waals surface area contributed by atoms with Crippen LogP contribution in [0, 0.1) is 5.92 Å². The Balaban J connectivity index is 1.27. The topological polar surface area (TPSA) is 45.5 Å². The average molecular weight is 374 g/mol. The van der Waals surface area contributed by atoms with Crippen molar-refractivity contribution in [1.29, 1.82) is 0 Å². The van der Waals surface area contributed by atoms with E-state index in [0.29, 0.717) is 0 Å². The lowest BCUT2D eigenvalue weighted by molar-refractivity contribution is -0.121. The van der Waals surface area contributed by atoms with Gasteiger partial charge in [0.25, 0.3) is 0 Å². The molecule has 0 radical (unpaired) electrons. The smallest absolute Gasteiger partial charge is 0.227 e. The van der Waals surface area contributed by atoms with Gasteiger partial charge in [0, 0.05) is 23.7 Å². The molecule has 1 N–H and O–H groups in total. The maximum absolute atomic E-state index is 12.7. The number of nitrogens with zero attached hydrogens (tertiary/aromatic N) is 1. The monoisotopic (exact) mass is 374 g/mol. The number of hydrogen-bond acceptors (Lipinski definition) is 3. The molecule has 1 aliphatic rings. The molecule has 0 unspecified atom stereocenters. The number of amides is 1. The van der Waals surface area contributed by atoms with Crippen molar-refractivity contribution in [1.82, 2.24) is 4.90 Å². The van der Waals surface area contributed by atoms with Gasteiger partial charge in [0.1, 0.15) is 5.76 Å². The summed E-state index contributed by atoms with van der Waals surface area (Å²) in [4.78, 5) is 15.2. The molecule has 0 bridgehead atoms. The van der Waals surface area contributed by atoms with Crippen molar-refractivity contribution in [2.75, 3.05) is 25.0 Å². The van der Waals surface area contributed by atoms with Crippen LogP contribution in [0.3, 0.4) is 0 Å². The highest BCUT2D eigenvalue weighted by Crippen LogP contribution is 2.24. The number of piperidine rings is 1. The normalized spacial score (nSPS) is 15.4. The lowest BCUT2D eigenvalue weighted by Gasteiger charge is -2.31. The molecule has 1 aromatic heterocycles. The summed E-state index contributed by atoms with van der Waals surface area (Å²) in [6.45, 7) is 3.03. The standard InChI is InChI=1S/C24H26N2O2/c27-24(25-22-9-4-8-21(18-22)23-10-5-17-28-23)20-12-15-26(16-13-20)14-11-19-6-2-1-3-7-19/h1-10,17-18,20H,11-16H2,(H,25,27). The van der Waals surface area contributed by atoms with Crippen LogP contribution in [-0.4, -0.2) is 30.4 Å². The first-order valence-electron chi connectivity index (χ1n) is 9.99. The first kappa shape index (κ1) is 18.5. The summed E-state index contributed by atoms with van der Waals surface area (Å²) in [7, 11) is 0. The first-order valence-corrected chi connectivity index (χ1v) is 9.99. The summed E-state index contributed by atoms with van der Waals surface area (Å²) < 4.78 is 5.44. The quantitative estimate of drug-likeness (QED) is 0.671. The van der Waals surface area contributed by atoms with Crippen molar-refractivity contribution >= 4 is 11.6 Å². The number of carbonyl (C=O) groups excluding carboxylic acids is 1. The number of benzene rings is 2. The average Bonchev–Trinajstić information content (AvgIpc) is 3.29. The summed E-state index contributed by atoms with van der Waals surface area (Å²) in [5.74, 6) is 1.02. The first-order chi connectivity index (χ1) is 13.8. The highest BCUT2D eigenvalue weighted by Gasteiger charge is 2.24. The molecule has 1 fully saturated rings. The summed E-state index contributed by atoms with van der Waals surface area (Å²) >= 11 is 0. The van der Waals surface area contributed by atoms with E-state index in [-0.39, 0.29) is 11.8 Å². The van der Waals surface area contributed by atoms with Crippen LogP contribution < -0.4 is 5.32 Å². The number of anilines is 1. The Kier molecular flexibility index (Phi) is 5.88. The lowest BCUT2D eigenvalue weighted by atomic mass is 9.95. The third-order valence-electron chi connectivity index (χ3n) is 5.45. The van der Waals surface area contributed by atoms with E-state index >= 15 is 0 Å². The molecule has 2 aromatic carbocycles. The van der Waals surface area contributed by atoms with Gasteiger partial charge in [-0.15, -0.1) is 0 Å². The van der Waals surface area contributed by atoms with Gasteiger partial charge < -0.3 is 14.6 Å². The zero-order valence-electron chi connectivity index (χ0n) is 16.0.